The molecule has 0 N–H and O–H groups in total. The van der Waals surface area contributed by atoms with Crippen molar-refractivity contribution < 1.29 is 9.18 Å². The molecule has 4 heteroatoms. The molecule has 0 saturated heterocycles. The topological polar surface area (TPSA) is 30.0 Å². The van der Waals surface area contributed by atoms with Crippen LogP contribution in [-0.2, 0) is 6.42 Å². The molecule has 1 aromatic heterocycles. The molecule has 0 saturated carbocycles. The number of aromatic nitrogens is 1. The number of ketones is 1. The van der Waals surface area contributed by atoms with Crippen LogP contribution < -0.4 is 0 Å². The number of nitrogens with zero attached hydrogens (tertiary/aromatic N) is 1. The molecule has 0 aliphatic rings. The van der Waals surface area contributed by atoms with Crippen molar-refractivity contribution in [1.82, 2.24) is 4.98 Å². The molecule has 1 aromatic carbocycles. The lowest BCUT2D eigenvalue weighted by atomic mass is 10.1. The summed E-state index contributed by atoms with van der Waals surface area (Å²) in [6, 6.07) is 4.43. The molecule has 1 heterocycles. The normalized spacial score (nSPS) is 10.4. The highest BCUT2D eigenvalue weighted by Crippen LogP contribution is 2.14. The second kappa shape index (κ2) is 4.53. The van der Waals surface area contributed by atoms with E-state index in [0.29, 0.717) is 17.5 Å². The number of halogens is 1. The minimum atomic E-state index is -0.283. The third kappa shape index (κ3) is 2.33. The van der Waals surface area contributed by atoms with E-state index in [-0.39, 0.29) is 11.6 Å². The standard InChI is InChI=1S/C12H10FNOS/c1-8-4-9(2-3-11(8)13)12(15)5-10-6-14-7-16-10/h2-4,6-7H,5H2,1H3. The van der Waals surface area contributed by atoms with Gasteiger partial charge < -0.3 is 0 Å². The molecule has 16 heavy (non-hydrogen) atoms. The molecule has 0 bridgehead atoms. The molecule has 0 amide bonds. The molecule has 0 radical (unpaired) electrons. The maximum atomic E-state index is 13.0. The largest absolute Gasteiger partial charge is 0.294 e. The number of carbonyl (C=O) groups is 1. The fourth-order valence-electron chi connectivity index (χ4n) is 1.41. The Labute approximate surface area is 96.8 Å². The number of aryl methyl sites for hydroxylation is 1. The van der Waals surface area contributed by atoms with Crippen molar-refractivity contribution in [3.63, 3.8) is 0 Å². The van der Waals surface area contributed by atoms with Crippen molar-refractivity contribution in [1.29, 1.82) is 0 Å². The van der Waals surface area contributed by atoms with Crippen LogP contribution in [0.5, 0.6) is 0 Å². The van der Waals surface area contributed by atoms with E-state index >= 15 is 0 Å². The van der Waals surface area contributed by atoms with Gasteiger partial charge in [-0.05, 0) is 30.7 Å². The van der Waals surface area contributed by atoms with Crippen LogP contribution in [0.3, 0.4) is 0 Å². The Balaban J connectivity index is 2.18. The van der Waals surface area contributed by atoms with Crippen LogP contribution in [0.1, 0.15) is 20.8 Å². The Hall–Kier alpha value is -1.55. The van der Waals surface area contributed by atoms with E-state index in [1.807, 2.05) is 0 Å². The van der Waals surface area contributed by atoms with Crippen LogP contribution in [0, 0.1) is 12.7 Å². The third-order valence-corrected chi connectivity index (χ3v) is 3.08. The fraction of sp³-hybridized carbons (Fsp3) is 0.167. The van der Waals surface area contributed by atoms with Crippen molar-refractivity contribution in [2.75, 3.05) is 0 Å². The molecule has 0 aliphatic carbocycles. The summed E-state index contributed by atoms with van der Waals surface area (Å²) in [7, 11) is 0. The Kier molecular flexibility index (Phi) is 3.10. The lowest BCUT2D eigenvalue weighted by Crippen LogP contribution is -2.03. The minimum absolute atomic E-state index is 0.00708. The van der Waals surface area contributed by atoms with Crippen molar-refractivity contribution in [2.45, 2.75) is 13.3 Å². The number of thiazole rings is 1. The minimum Gasteiger partial charge on any atom is -0.294 e. The first kappa shape index (κ1) is 11.0. The zero-order valence-corrected chi connectivity index (χ0v) is 9.55. The van der Waals surface area contributed by atoms with Gasteiger partial charge in [-0.3, -0.25) is 9.78 Å². The summed E-state index contributed by atoms with van der Waals surface area (Å²) < 4.78 is 13.0. The predicted octanol–water partition coefficient (Wildman–Crippen LogP) is 3.02. The van der Waals surface area contributed by atoms with E-state index in [4.69, 9.17) is 0 Å². The highest BCUT2D eigenvalue weighted by atomic mass is 32.1. The summed E-state index contributed by atoms with van der Waals surface area (Å²) in [5, 5.41) is 0. The maximum absolute atomic E-state index is 13.0. The molecule has 0 aliphatic heterocycles. The molecule has 2 nitrogen and oxygen atoms in total. The zero-order valence-electron chi connectivity index (χ0n) is 8.74. The van der Waals surface area contributed by atoms with Gasteiger partial charge in [0.05, 0.1) is 5.51 Å². The van der Waals surface area contributed by atoms with Crippen molar-refractivity contribution in [3.8, 4) is 0 Å². The van der Waals surface area contributed by atoms with Crippen molar-refractivity contribution in [2.24, 2.45) is 0 Å². The lowest BCUT2D eigenvalue weighted by molar-refractivity contribution is 0.0993. The molecule has 2 rings (SSSR count). The lowest BCUT2D eigenvalue weighted by Gasteiger charge is -2.01. The highest BCUT2D eigenvalue weighted by molar-refractivity contribution is 7.09. The molecule has 0 atom stereocenters. The van der Waals surface area contributed by atoms with Gasteiger partial charge in [0.15, 0.2) is 5.78 Å². The summed E-state index contributed by atoms with van der Waals surface area (Å²) >= 11 is 1.45. The van der Waals surface area contributed by atoms with Crippen molar-refractivity contribution >= 4 is 17.1 Å². The van der Waals surface area contributed by atoms with E-state index in [9.17, 15) is 9.18 Å². The SMILES string of the molecule is Cc1cc(C(=O)Cc2cncs2)ccc1F. The Morgan fingerprint density at radius 2 is 2.31 bits per heavy atom. The average molecular weight is 235 g/mol. The van der Waals surface area contributed by atoms with Gasteiger partial charge in [0.25, 0.3) is 0 Å². The fourth-order valence-corrected chi connectivity index (χ4v) is 2.00. The summed E-state index contributed by atoms with van der Waals surface area (Å²) in [6.45, 7) is 1.65. The van der Waals surface area contributed by atoms with Gasteiger partial charge in [0, 0.05) is 23.1 Å². The average Bonchev–Trinajstić information content (AvgIpc) is 2.74. The number of benzene rings is 1. The number of rotatable bonds is 3. The monoisotopic (exact) mass is 235 g/mol. The number of carbonyl (C=O) groups excluding carboxylic acids is 1. The molecule has 2 aromatic rings. The summed E-state index contributed by atoms with van der Waals surface area (Å²) in [6.07, 6.45) is 2.01. The molecule has 0 unspecified atom stereocenters. The second-order valence-electron chi connectivity index (χ2n) is 3.53. The predicted molar refractivity (Wildman–Crippen MR) is 61.3 cm³/mol. The molecule has 82 valence electrons. The summed E-state index contributed by atoms with van der Waals surface area (Å²) in [5.74, 6) is -0.290. The second-order valence-corrected chi connectivity index (χ2v) is 4.50. The third-order valence-electron chi connectivity index (χ3n) is 2.30. The summed E-state index contributed by atoms with van der Waals surface area (Å²) in [5.41, 5.74) is 2.74. The number of Topliss-reactive ketones (excluding diaryl/α,β-unsaturated/α-hetero) is 1. The Morgan fingerprint density at radius 1 is 1.50 bits per heavy atom. The number of hydrogen-bond donors (Lipinski definition) is 0. The molecular weight excluding hydrogens is 225 g/mol. The van der Waals surface area contributed by atoms with Crippen LogP contribution >= 0.6 is 11.3 Å². The highest BCUT2D eigenvalue weighted by Gasteiger charge is 2.09. The molecule has 0 spiro atoms. The first-order valence-corrected chi connectivity index (χ1v) is 5.71. The van der Waals surface area contributed by atoms with Gasteiger partial charge >= 0.3 is 0 Å². The maximum Gasteiger partial charge on any atom is 0.168 e. The van der Waals surface area contributed by atoms with Crippen LogP contribution in [-0.4, -0.2) is 10.8 Å². The van der Waals surface area contributed by atoms with Crippen LogP contribution in [0.2, 0.25) is 0 Å². The van der Waals surface area contributed by atoms with E-state index in [1.165, 1.54) is 23.5 Å². The number of hydrogen-bond acceptors (Lipinski definition) is 3. The van der Waals surface area contributed by atoms with Gasteiger partial charge in [0.2, 0.25) is 0 Å². The van der Waals surface area contributed by atoms with Crippen LogP contribution in [0.15, 0.2) is 29.9 Å². The van der Waals surface area contributed by atoms with Crippen LogP contribution in [0.25, 0.3) is 0 Å². The quantitative estimate of drug-likeness (QED) is 0.765. The first-order chi connectivity index (χ1) is 7.66. The van der Waals surface area contributed by atoms with Gasteiger partial charge in [-0.2, -0.15) is 0 Å². The first-order valence-electron chi connectivity index (χ1n) is 4.83. The van der Waals surface area contributed by atoms with E-state index in [1.54, 1.807) is 24.7 Å². The van der Waals surface area contributed by atoms with E-state index < -0.39 is 0 Å². The zero-order chi connectivity index (χ0) is 11.5. The smallest absolute Gasteiger partial charge is 0.168 e. The Bertz CT molecular complexity index is 508. The van der Waals surface area contributed by atoms with Gasteiger partial charge in [-0.25, -0.2) is 4.39 Å². The van der Waals surface area contributed by atoms with Crippen molar-refractivity contribution in [3.05, 3.63) is 51.7 Å². The van der Waals surface area contributed by atoms with Gasteiger partial charge in [0.1, 0.15) is 5.82 Å². The molecular formula is C12H10FNOS. The molecule has 0 fully saturated rings. The van der Waals surface area contributed by atoms with E-state index in [2.05, 4.69) is 4.98 Å². The van der Waals surface area contributed by atoms with E-state index in [0.717, 1.165) is 4.88 Å². The summed E-state index contributed by atoms with van der Waals surface area (Å²) in [4.78, 5) is 16.7. The Morgan fingerprint density at radius 3 is 2.94 bits per heavy atom. The van der Waals surface area contributed by atoms with Gasteiger partial charge in [-0.15, -0.1) is 11.3 Å². The van der Waals surface area contributed by atoms with Gasteiger partial charge in [-0.1, -0.05) is 0 Å². The van der Waals surface area contributed by atoms with Crippen LogP contribution in [0.4, 0.5) is 4.39 Å².